The zero-order valence-corrected chi connectivity index (χ0v) is 19.7. The molecule has 3 N–H and O–H groups in total. The second-order valence-electron chi connectivity index (χ2n) is 7.12. The molecular weight excluding hydrogens is 458 g/mol. The van der Waals surface area contributed by atoms with Gasteiger partial charge in [0.05, 0.1) is 18.0 Å². The largest absolute Gasteiger partial charge is 0.495 e. The Morgan fingerprint density at radius 2 is 1.76 bits per heavy atom. The van der Waals surface area contributed by atoms with E-state index in [4.69, 9.17) is 26.4 Å². The van der Waals surface area contributed by atoms with Crippen LogP contribution in [0, 0.1) is 0 Å². The predicted molar refractivity (Wildman–Crippen MR) is 136 cm³/mol. The van der Waals surface area contributed by atoms with E-state index in [1.807, 2.05) is 55.5 Å². The van der Waals surface area contributed by atoms with Crippen LogP contribution in [0.4, 0.5) is 17.1 Å². The van der Waals surface area contributed by atoms with Crippen molar-refractivity contribution in [3.05, 3.63) is 66.7 Å². The van der Waals surface area contributed by atoms with Crippen molar-refractivity contribution in [2.75, 3.05) is 29.9 Å². The molecule has 0 saturated heterocycles. The highest BCUT2D eigenvalue weighted by Gasteiger charge is 2.18. The van der Waals surface area contributed by atoms with Gasteiger partial charge in [-0.05, 0) is 61.6 Å². The zero-order chi connectivity index (χ0) is 23.2. The van der Waals surface area contributed by atoms with Crippen LogP contribution in [0.2, 0.25) is 0 Å². The number of carbonyl (C=O) groups excluding carboxylic acids is 1. The summed E-state index contributed by atoms with van der Waals surface area (Å²) in [6.45, 7) is 2.06. The third-order valence-electron chi connectivity index (χ3n) is 4.77. The average Bonchev–Trinajstić information content (AvgIpc) is 3.27. The van der Waals surface area contributed by atoms with E-state index in [0.717, 1.165) is 16.3 Å². The minimum atomic E-state index is -0.315. The minimum Gasteiger partial charge on any atom is -0.495 e. The van der Waals surface area contributed by atoms with Gasteiger partial charge in [-0.25, -0.2) is 0 Å². The molecule has 0 bridgehead atoms. The van der Waals surface area contributed by atoms with Crippen molar-refractivity contribution >= 4 is 52.1 Å². The molecule has 1 aliphatic heterocycles. The lowest BCUT2D eigenvalue weighted by atomic mass is 10.2. The first-order valence-corrected chi connectivity index (χ1v) is 11.5. The van der Waals surface area contributed by atoms with Gasteiger partial charge in [-0.15, -0.1) is 11.8 Å². The van der Waals surface area contributed by atoms with E-state index < -0.39 is 0 Å². The molecule has 3 aromatic carbocycles. The maximum absolute atomic E-state index is 12.7. The molecule has 1 atom stereocenters. The summed E-state index contributed by atoms with van der Waals surface area (Å²) in [5.74, 6) is 1.90. The third kappa shape index (κ3) is 5.88. The van der Waals surface area contributed by atoms with E-state index in [1.165, 1.54) is 11.8 Å². The summed E-state index contributed by atoms with van der Waals surface area (Å²) in [6, 6.07) is 20.6. The highest BCUT2D eigenvalue weighted by Crippen LogP contribution is 2.34. The van der Waals surface area contributed by atoms with Crippen LogP contribution in [-0.4, -0.2) is 30.2 Å². The van der Waals surface area contributed by atoms with Crippen molar-refractivity contribution in [3.8, 4) is 17.2 Å². The van der Waals surface area contributed by atoms with Crippen molar-refractivity contribution in [3.63, 3.8) is 0 Å². The van der Waals surface area contributed by atoms with E-state index in [1.54, 1.807) is 25.3 Å². The van der Waals surface area contributed by atoms with Crippen molar-refractivity contribution in [1.82, 2.24) is 0 Å². The summed E-state index contributed by atoms with van der Waals surface area (Å²) < 4.78 is 16.0. The summed E-state index contributed by atoms with van der Waals surface area (Å²) in [5.41, 5.74) is 2.26. The van der Waals surface area contributed by atoms with Gasteiger partial charge in [0.25, 0.3) is 0 Å². The smallest absolute Gasteiger partial charge is 0.237 e. The second-order valence-corrected chi connectivity index (χ2v) is 8.95. The lowest BCUT2D eigenvalue weighted by Crippen LogP contribution is -2.22. The molecule has 1 unspecified atom stereocenters. The number of hydrogen-bond acceptors (Lipinski definition) is 6. The SMILES string of the molecule is COc1ccccc1NC(=S)Nc1cccc(SC(C)C(=O)Nc2ccc3c(c2)OCO3)c1. The van der Waals surface area contributed by atoms with Gasteiger partial charge in [-0.1, -0.05) is 18.2 Å². The van der Waals surface area contributed by atoms with E-state index in [2.05, 4.69) is 16.0 Å². The van der Waals surface area contributed by atoms with Crippen LogP contribution in [-0.2, 0) is 4.79 Å². The molecule has 9 heteroatoms. The Kier molecular flexibility index (Phi) is 7.21. The number of fused-ring (bicyclic) bond motifs is 1. The van der Waals surface area contributed by atoms with Gasteiger partial charge in [-0.2, -0.15) is 0 Å². The number of amides is 1. The molecule has 1 aliphatic rings. The number of thiocarbonyl (C=S) groups is 1. The number of rotatable bonds is 7. The fraction of sp³-hybridized carbons (Fsp3) is 0.167. The van der Waals surface area contributed by atoms with Gasteiger partial charge in [0, 0.05) is 22.3 Å². The van der Waals surface area contributed by atoms with Gasteiger partial charge in [0.1, 0.15) is 5.75 Å². The molecule has 1 amide bonds. The number of methoxy groups -OCH3 is 1. The van der Waals surface area contributed by atoms with Gasteiger partial charge in [0.15, 0.2) is 16.6 Å². The highest BCUT2D eigenvalue weighted by molar-refractivity contribution is 8.00. The molecule has 0 radical (unpaired) electrons. The number of anilines is 3. The third-order valence-corrected chi connectivity index (χ3v) is 6.07. The van der Waals surface area contributed by atoms with E-state index in [-0.39, 0.29) is 18.0 Å². The van der Waals surface area contributed by atoms with Gasteiger partial charge >= 0.3 is 0 Å². The van der Waals surface area contributed by atoms with Crippen LogP contribution in [0.3, 0.4) is 0 Å². The van der Waals surface area contributed by atoms with Crippen LogP contribution in [0.5, 0.6) is 17.2 Å². The van der Waals surface area contributed by atoms with Gasteiger partial charge in [0.2, 0.25) is 12.7 Å². The number of ether oxygens (including phenoxy) is 3. The van der Waals surface area contributed by atoms with E-state index in [9.17, 15) is 4.79 Å². The maximum atomic E-state index is 12.7. The first-order valence-electron chi connectivity index (χ1n) is 10.2. The molecule has 0 spiro atoms. The lowest BCUT2D eigenvalue weighted by molar-refractivity contribution is -0.115. The number of nitrogens with one attached hydrogen (secondary N) is 3. The fourth-order valence-electron chi connectivity index (χ4n) is 3.16. The average molecular weight is 482 g/mol. The summed E-state index contributed by atoms with van der Waals surface area (Å²) in [5, 5.41) is 9.36. The van der Waals surface area contributed by atoms with Gasteiger partial charge in [-0.3, -0.25) is 4.79 Å². The summed E-state index contributed by atoms with van der Waals surface area (Å²) in [7, 11) is 1.61. The van der Waals surface area contributed by atoms with Gasteiger partial charge < -0.3 is 30.2 Å². The van der Waals surface area contributed by atoms with Crippen LogP contribution in [0.15, 0.2) is 71.6 Å². The van der Waals surface area contributed by atoms with Crippen molar-refractivity contribution in [1.29, 1.82) is 0 Å². The molecule has 0 saturated carbocycles. The minimum absolute atomic E-state index is 0.106. The Morgan fingerprint density at radius 3 is 2.61 bits per heavy atom. The molecule has 0 fully saturated rings. The Hall–Kier alpha value is -3.43. The standard InChI is InChI=1S/C24H23N3O4S2/c1-15(23(28)25-17-10-11-21-22(13-17)31-14-30-21)33-18-7-5-6-16(12-18)26-24(32)27-19-8-3-4-9-20(19)29-2/h3-13,15H,14H2,1-2H3,(H,25,28)(H2,26,27,32). The van der Waals surface area contributed by atoms with E-state index in [0.29, 0.717) is 28.0 Å². The molecule has 0 aromatic heterocycles. The quantitative estimate of drug-likeness (QED) is 0.308. The Morgan fingerprint density at radius 1 is 0.970 bits per heavy atom. The Balaban J connectivity index is 1.34. The molecule has 4 rings (SSSR count). The topological polar surface area (TPSA) is 80.9 Å². The molecule has 33 heavy (non-hydrogen) atoms. The molecule has 3 aromatic rings. The predicted octanol–water partition coefficient (Wildman–Crippen LogP) is 5.35. The fourth-order valence-corrected chi connectivity index (χ4v) is 4.31. The highest BCUT2D eigenvalue weighted by atomic mass is 32.2. The van der Waals surface area contributed by atoms with Crippen molar-refractivity contribution < 1.29 is 19.0 Å². The maximum Gasteiger partial charge on any atom is 0.237 e. The normalized spacial score (nSPS) is 12.5. The Bertz CT molecular complexity index is 1170. The van der Waals surface area contributed by atoms with Crippen LogP contribution in [0.1, 0.15) is 6.92 Å². The van der Waals surface area contributed by atoms with Crippen molar-refractivity contribution in [2.24, 2.45) is 0 Å². The van der Waals surface area contributed by atoms with Crippen molar-refractivity contribution in [2.45, 2.75) is 17.1 Å². The monoisotopic (exact) mass is 481 g/mol. The molecule has 170 valence electrons. The number of hydrogen-bond donors (Lipinski definition) is 3. The van der Waals surface area contributed by atoms with Crippen LogP contribution >= 0.6 is 24.0 Å². The number of para-hydroxylation sites is 2. The lowest BCUT2D eigenvalue weighted by Gasteiger charge is -2.15. The molecule has 1 heterocycles. The molecular formula is C24H23N3O4S2. The van der Waals surface area contributed by atoms with E-state index >= 15 is 0 Å². The Labute approximate surface area is 201 Å². The summed E-state index contributed by atoms with van der Waals surface area (Å²) in [4.78, 5) is 13.6. The zero-order valence-electron chi connectivity index (χ0n) is 18.1. The molecule has 7 nitrogen and oxygen atoms in total. The summed E-state index contributed by atoms with van der Waals surface area (Å²) >= 11 is 6.89. The van der Waals surface area contributed by atoms with Crippen LogP contribution in [0.25, 0.3) is 0 Å². The number of thioether (sulfide) groups is 1. The first kappa shape index (κ1) is 22.8. The molecule has 0 aliphatic carbocycles. The first-order chi connectivity index (χ1) is 16.0. The van der Waals surface area contributed by atoms with Crippen LogP contribution < -0.4 is 30.2 Å². The number of carbonyl (C=O) groups is 1. The summed E-state index contributed by atoms with van der Waals surface area (Å²) in [6.07, 6.45) is 0. The number of benzene rings is 3. The second kappa shape index (κ2) is 10.5.